The van der Waals surface area contributed by atoms with Gasteiger partial charge in [0.15, 0.2) is 0 Å². The summed E-state index contributed by atoms with van der Waals surface area (Å²) in [5.74, 6) is 0. The predicted molar refractivity (Wildman–Crippen MR) is 88.3 cm³/mol. The largest absolute Gasteiger partial charge is 0.323 e. The van der Waals surface area contributed by atoms with Gasteiger partial charge in [-0.3, -0.25) is 0 Å². The van der Waals surface area contributed by atoms with Crippen LogP contribution in [0.5, 0.6) is 0 Å². The average molecular weight is 394 g/mol. The van der Waals surface area contributed by atoms with Crippen LogP contribution in [-0.4, -0.2) is 6.03 Å². The molecule has 2 rings (SSSR count). The van der Waals surface area contributed by atoms with Gasteiger partial charge in [0.25, 0.3) is 0 Å². The molecule has 0 spiro atoms. The fourth-order valence-electron chi connectivity index (χ4n) is 1.45. The van der Waals surface area contributed by atoms with Gasteiger partial charge in [0.2, 0.25) is 0 Å². The Hall–Kier alpha value is -0.940. The molecule has 0 aliphatic heterocycles. The first-order valence-corrected chi connectivity index (χ1v) is 7.36. The van der Waals surface area contributed by atoms with Crippen molar-refractivity contribution in [1.82, 2.24) is 0 Å². The third kappa shape index (κ3) is 4.03. The van der Waals surface area contributed by atoms with Crippen molar-refractivity contribution in [2.24, 2.45) is 0 Å². The van der Waals surface area contributed by atoms with Crippen molar-refractivity contribution < 1.29 is 4.79 Å². The molecule has 0 fully saturated rings. The van der Waals surface area contributed by atoms with Crippen molar-refractivity contribution in [3.63, 3.8) is 0 Å². The fraction of sp³-hybridized carbons (Fsp3) is 0. The maximum Gasteiger partial charge on any atom is 0.323 e. The Morgan fingerprint density at radius 3 is 2.35 bits per heavy atom. The number of urea groups is 1. The highest BCUT2D eigenvalue weighted by molar-refractivity contribution is 9.10. The van der Waals surface area contributed by atoms with Gasteiger partial charge >= 0.3 is 6.03 Å². The molecule has 2 aromatic carbocycles. The van der Waals surface area contributed by atoms with E-state index in [9.17, 15) is 4.79 Å². The molecule has 0 aromatic heterocycles. The van der Waals surface area contributed by atoms with Gasteiger partial charge in [-0.1, -0.05) is 34.8 Å². The van der Waals surface area contributed by atoms with Gasteiger partial charge in [0.1, 0.15) is 0 Å². The average Bonchev–Trinajstić information content (AvgIpc) is 2.37. The Morgan fingerprint density at radius 2 is 1.70 bits per heavy atom. The Kier molecular flexibility index (Phi) is 5.16. The van der Waals surface area contributed by atoms with Crippen LogP contribution in [0, 0.1) is 0 Å². The first-order chi connectivity index (χ1) is 9.45. The van der Waals surface area contributed by atoms with E-state index in [1.54, 1.807) is 36.4 Å². The Balaban J connectivity index is 2.07. The summed E-state index contributed by atoms with van der Waals surface area (Å²) in [7, 11) is 0. The summed E-state index contributed by atoms with van der Waals surface area (Å²) in [6.45, 7) is 0. The summed E-state index contributed by atoms with van der Waals surface area (Å²) in [6, 6.07) is 9.51. The van der Waals surface area contributed by atoms with E-state index in [4.69, 9.17) is 34.8 Å². The van der Waals surface area contributed by atoms with E-state index < -0.39 is 6.03 Å². The van der Waals surface area contributed by atoms with Gasteiger partial charge in [-0.15, -0.1) is 0 Å². The van der Waals surface area contributed by atoms with Crippen LogP contribution >= 0.6 is 50.7 Å². The molecule has 0 bridgehead atoms. The number of amides is 2. The van der Waals surface area contributed by atoms with Crippen molar-refractivity contribution in [1.29, 1.82) is 0 Å². The van der Waals surface area contributed by atoms with E-state index in [0.717, 1.165) is 0 Å². The lowest BCUT2D eigenvalue weighted by molar-refractivity contribution is 0.262. The summed E-state index contributed by atoms with van der Waals surface area (Å²) >= 11 is 20.8. The minimum atomic E-state index is -0.397. The van der Waals surface area contributed by atoms with Crippen molar-refractivity contribution in [2.45, 2.75) is 0 Å². The topological polar surface area (TPSA) is 41.1 Å². The molecule has 0 aliphatic carbocycles. The van der Waals surface area contributed by atoms with Crippen LogP contribution in [0.25, 0.3) is 0 Å². The van der Waals surface area contributed by atoms with Crippen LogP contribution in [0.2, 0.25) is 15.1 Å². The molecule has 3 nitrogen and oxygen atoms in total. The smallest absolute Gasteiger partial charge is 0.308 e. The van der Waals surface area contributed by atoms with Crippen LogP contribution in [0.15, 0.2) is 40.9 Å². The van der Waals surface area contributed by atoms with Gasteiger partial charge in [-0.05, 0) is 52.3 Å². The number of carbonyl (C=O) groups excluding carboxylic acids is 1. The summed E-state index contributed by atoms with van der Waals surface area (Å²) in [4.78, 5) is 11.9. The lowest BCUT2D eigenvalue weighted by atomic mass is 10.3. The second kappa shape index (κ2) is 6.68. The zero-order valence-electron chi connectivity index (χ0n) is 9.88. The van der Waals surface area contributed by atoms with E-state index in [-0.39, 0.29) is 0 Å². The van der Waals surface area contributed by atoms with Crippen molar-refractivity contribution >= 4 is 68.1 Å². The summed E-state index contributed by atoms with van der Waals surface area (Å²) < 4.78 is 0.689. The van der Waals surface area contributed by atoms with Gasteiger partial charge in [-0.25, -0.2) is 4.79 Å². The quantitative estimate of drug-likeness (QED) is 0.639. The van der Waals surface area contributed by atoms with E-state index >= 15 is 0 Å². The summed E-state index contributed by atoms with van der Waals surface area (Å²) in [5, 5.41) is 6.72. The Morgan fingerprint density at radius 1 is 0.950 bits per heavy atom. The second-order valence-electron chi connectivity index (χ2n) is 3.83. The molecule has 7 heteroatoms. The first-order valence-electron chi connectivity index (χ1n) is 5.44. The molecular weight excluding hydrogens is 386 g/mol. The molecule has 0 heterocycles. The molecule has 0 aliphatic rings. The highest BCUT2D eigenvalue weighted by atomic mass is 79.9. The highest BCUT2D eigenvalue weighted by Gasteiger charge is 2.07. The third-order valence-electron chi connectivity index (χ3n) is 2.36. The lowest BCUT2D eigenvalue weighted by Gasteiger charge is -2.10. The fourth-order valence-corrected chi connectivity index (χ4v) is 2.53. The van der Waals surface area contributed by atoms with Crippen molar-refractivity contribution in [3.05, 3.63) is 55.9 Å². The summed E-state index contributed by atoms with van der Waals surface area (Å²) in [6.07, 6.45) is 0. The monoisotopic (exact) mass is 392 g/mol. The van der Waals surface area contributed by atoms with Crippen LogP contribution in [0.1, 0.15) is 0 Å². The Labute approximate surface area is 139 Å². The molecule has 2 aromatic rings. The molecule has 104 valence electrons. The number of nitrogens with one attached hydrogen (secondary N) is 2. The number of rotatable bonds is 2. The molecule has 0 unspecified atom stereocenters. The minimum Gasteiger partial charge on any atom is -0.308 e. The maximum atomic E-state index is 11.9. The minimum absolute atomic E-state index is 0.372. The molecule has 0 saturated carbocycles. The third-order valence-corrected chi connectivity index (χ3v) is 3.99. The van der Waals surface area contributed by atoms with Gasteiger partial charge in [-0.2, -0.15) is 0 Å². The van der Waals surface area contributed by atoms with Gasteiger partial charge in [0, 0.05) is 15.2 Å². The number of anilines is 2. The maximum absolute atomic E-state index is 11.9. The van der Waals surface area contributed by atoms with Gasteiger partial charge < -0.3 is 10.6 Å². The van der Waals surface area contributed by atoms with E-state index in [2.05, 4.69) is 26.6 Å². The van der Waals surface area contributed by atoms with Crippen LogP contribution in [0.4, 0.5) is 16.2 Å². The molecule has 0 saturated heterocycles. The Bertz CT molecular complexity index is 664. The van der Waals surface area contributed by atoms with E-state index in [0.29, 0.717) is 30.9 Å². The zero-order chi connectivity index (χ0) is 14.7. The molecule has 0 radical (unpaired) electrons. The van der Waals surface area contributed by atoms with E-state index in [1.165, 1.54) is 0 Å². The van der Waals surface area contributed by atoms with E-state index in [1.807, 2.05) is 0 Å². The summed E-state index contributed by atoms with van der Waals surface area (Å²) in [5.41, 5.74) is 1.15. The first kappa shape index (κ1) is 15.4. The van der Waals surface area contributed by atoms with Crippen molar-refractivity contribution in [2.75, 3.05) is 10.6 Å². The standard InChI is InChI=1S/C13H8BrCl3N2O/c14-9-5-7(15)1-4-12(9)19-13(20)18-8-2-3-10(16)11(17)6-8/h1-6H,(H2,18,19,20). The van der Waals surface area contributed by atoms with Crippen LogP contribution < -0.4 is 10.6 Å². The lowest BCUT2D eigenvalue weighted by Crippen LogP contribution is -2.19. The van der Waals surface area contributed by atoms with Crippen LogP contribution in [-0.2, 0) is 0 Å². The van der Waals surface area contributed by atoms with Crippen molar-refractivity contribution in [3.8, 4) is 0 Å². The molecule has 2 amide bonds. The predicted octanol–water partition coefficient (Wildman–Crippen LogP) is 6.05. The highest BCUT2D eigenvalue weighted by Crippen LogP contribution is 2.27. The number of carbonyl (C=O) groups is 1. The molecular formula is C13H8BrCl3N2O. The zero-order valence-corrected chi connectivity index (χ0v) is 13.7. The number of hydrogen-bond acceptors (Lipinski definition) is 1. The normalized spacial score (nSPS) is 10.2. The molecule has 2 N–H and O–H groups in total. The molecule has 20 heavy (non-hydrogen) atoms. The number of benzene rings is 2. The number of hydrogen-bond donors (Lipinski definition) is 2. The van der Waals surface area contributed by atoms with Crippen LogP contribution in [0.3, 0.4) is 0 Å². The SMILES string of the molecule is O=C(Nc1ccc(Cl)c(Cl)c1)Nc1ccc(Cl)cc1Br. The van der Waals surface area contributed by atoms with Gasteiger partial charge in [0.05, 0.1) is 15.7 Å². The second-order valence-corrected chi connectivity index (χ2v) is 5.94. The molecule has 0 atom stereocenters. The number of halogens is 4.